The Balaban J connectivity index is 1.51. The average Bonchev–Trinajstić information content (AvgIpc) is 3.16. The van der Waals surface area contributed by atoms with Gasteiger partial charge in [-0.3, -0.25) is 4.79 Å². The number of carbonyl (C=O) groups excluding carboxylic acids is 1. The summed E-state index contributed by atoms with van der Waals surface area (Å²) in [4.78, 5) is 14.0. The maximum atomic E-state index is 12.1. The topological polar surface area (TPSA) is 29.5 Å². The molecule has 3 rings (SSSR count). The first-order valence-corrected chi connectivity index (χ1v) is 7.75. The van der Waals surface area contributed by atoms with Crippen molar-refractivity contribution in [2.24, 2.45) is 0 Å². The van der Waals surface area contributed by atoms with Crippen LogP contribution in [0.3, 0.4) is 0 Å². The van der Waals surface area contributed by atoms with E-state index in [2.05, 4.69) is 16.8 Å². The first kappa shape index (κ1) is 13.2. The van der Waals surface area contributed by atoms with Crippen LogP contribution in [0.25, 0.3) is 0 Å². The van der Waals surface area contributed by atoms with Gasteiger partial charge in [0.2, 0.25) is 0 Å². The summed E-state index contributed by atoms with van der Waals surface area (Å²) in [6.07, 6.45) is 1.05. The van der Waals surface area contributed by atoms with E-state index in [1.807, 2.05) is 35.2 Å². The molecule has 1 aliphatic heterocycles. The number of nitrogens with zero attached hydrogens (tertiary/aromatic N) is 1. The number of ether oxygens (including phenoxy) is 1. The zero-order valence-corrected chi connectivity index (χ0v) is 12.0. The van der Waals surface area contributed by atoms with Crippen molar-refractivity contribution >= 4 is 17.2 Å². The normalized spacial score (nSPS) is 18.2. The van der Waals surface area contributed by atoms with E-state index in [4.69, 9.17) is 4.74 Å². The molecular formula is C16H17NO2S. The first-order chi connectivity index (χ1) is 9.83. The van der Waals surface area contributed by atoms with Crippen molar-refractivity contribution < 1.29 is 9.53 Å². The van der Waals surface area contributed by atoms with E-state index in [-0.39, 0.29) is 12.5 Å². The number of likely N-dealkylation sites (tertiary alicyclic amines) is 1. The molecule has 0 spiro atoms. The van der Waals surface area contributed by atoms with Crippen LogP contribution in [0.5, 0.6) is 5.75 Å². The quantitative estimate of drug-likeness (QED) is 0.864. The van der Waals surface area contributed by atoms with E-state index in [0.717, 1.165) is 25.3 Å². The first-order valence-electron chi connectivity index (χ1n) is 6.80. The van der Waals surface area contributed by atoms with Gasteiger partial charge in [-0.25, -0.2) is 0 Å². The van der Waals surface area contributed by atoms with Gasteiger partial charge in [0.05, 0.1) is 0 Å². The predicted molar refractivity (Wildman–Crippen MR) is 80.2 cm³/mol. The second kappa shape index (κ2) is 6.09. The molecule has 1 aromatic heterocycles. The van der Waals surface area contributed by atoms with E-state index in [1.54, 1.807) is 11.3 Å². The molecule has 0 N–H and O–H groups in total. The van der Waals surface area contributed by atoms with Crippen LogP contribution in [0, 0.1) is 0 Å². The van der Waals surface area contributed by atoms with Crippen LogP contribution >= 0.6 is 11.3 Å². The van der Waals surface area contributed by atoms with Gasteiger partial charge in [-0.2, -0.15) is 11.3 Å². The number of hydrogen-bond donors (Lipinski definition) is 0. The molecule has 1 aliphatic rings. The largest absolute Gasteiger partial charge is 0.484 e. The summed E-state index contributed by atoms with van der Waals surface area (Å²) in [6, 6.07) is 11.6. The van der Waals surface area contributed by atoms with Gasteiger partial charge in [-0.1, -0.05) is 18.2 Å². The molecule has 1 aromatic carbocycles. The fourth-order valence-corrected chi connectivity index (χ4v) is 3.26. The van der Waals surface area contributed by atoms with Crippen molar-refractivity contribution in [2.75, 3.05) is 19.7 Å². The Morgan fingerprint density at radius 3 is 2.90 bits per heavy atom. The number of para-hydroxylation sites is 1. The molecule has 2 heterocycles. The molecule has 20 heavy (non-hydrogen) atoms. The number of benzene rings is 1. The van der Waals surface area contributed by atoms with Crippen molar-refractivity contribution in [3.63, 3.8) is 0 Å². The lowest BCUT2D eigenvalue weighted by Gasteiger charge is -2.16. The third-order valence-electron chi connectivity index (χ3n) is 3.66. The SMILES string of the molecule is O=C(COc1ccccc1)N1CCC(c2ccsc2)C1. The van der Waals surface area contributed by atoms with Crippen LogP contribution in [0.2, 0.25) is 0 Å². The molecule has 0 aliphatic carbocycles. The smallest absolute Gasteiger partial charge is 0.260 e. The van der Waals surface area contributed by atoms with Crippen molar-refractivity contribution in [1.82, 2.24) is 4.90 Å². The van der Waals surface area contributed by atoms with Gasteiger partial charge in [-0.15, -0.1) is 0 Å². The Labute approximate surface area is 122 Å². The summed E-state index contributed by atoms with van der Waals surface area (Å²) in [5, 5.41) is 4.28. The second-order valence-electron chi connectivity index (χ2n) is 4.98. The Morgan fingerprint density at radius 1 is 1.30 bits per heavy atom. The maximum absolute atomic E-state index is 12.1. The van der Waals surface area contributed by atoms with E-state index in [0.29, 0.717) is 5.92 Å². The lowest BCUT2D eigenvalue weighted by atomic mass is 10.0. The third-order valence-corrected chi connectivity index (χ3v) is 4.36. The van der Waals surface area contributed by atoms with Gasteiger partial charge >= 0.3 is 0 Å². The Morgan fingerprint density at radius 2 is 2.15 bits per heavy atom. The van der Waals surface area contributed by atoms with Crippen LogP contribution in [-0.4, -0.2) is 30.5 Å². The van der Waals surface area contributed by atoms with Crippen LogP contribution in [-0.2, 0) is 4.79 Å². The van der Waals surface area contributed by atoms with E-state index in [9.17, 15) is 4.79 Å². The highest BCUT2D eigenvalue weighted by Gasteiger charge is 2.27. The van der Waals surface area contributed by atoms with Crippen LogP contribution in [0.15, 0.2) is 47.2 Å². The van der Waals surface area contributed by atoms with Crippen molar-refractivity contribution in [2.45, 2.75) is 12.3 Å². The number of thiophene rings is 1. The highest BCUT2D eigenvalue weighted by molar-refractivity contribution is 7.07. The second-order valence-corrected chi connectivity index (χ2v) is 5.76. The van der Waals surface area contributed by atoms with Crippen LogP contribution < -0.4 is 4.74 Å². The zero-order valence-electron chi connectivity index (χ0n) is 11.2. The summed E-state index contributed by atoms with van der Waals surface area (Å²) < 4.78 is 5.52. The monoisotopic (exact) mass is 287 g/mol. The van der Waals surface area contributed by atoms with Crippen LogP contribution in [0.4, 0.5) is 0 Å². The third kappa shape index (κ3) is 3.02. The lowest BCUT2D eigenvalue weighted by Crippen LogP contribution is -2.32. The predicted octanol–water partition coefficient (Wildman–Crippen LogP) is 3.14. The zero-order chi connectivity index (χ0) is 13.8. The van der Waals surface area contributed by atoms with Gasteiger partial charge in [0.1, 0.15) is 5.75 Å². The van der Waals surface area contributed by atoms with E-state index < -0.39 is 0 Å². The van der Waals surface area contributed by atoms with Crippen molar-refractivity contribution in [1.29, 1.82) is 0 Å². The Hall–Kier alpha value is -1.81. The Kier molecular flexibility index (Phi) is 4.02. The molecule has 0 bridgehead atoms. The molecule has 1 saturated heterocycles. The van der Waals surface area contributed by atoms with Gasteiger partial charge in [-0.05, 0) is 40.9 Å². The molecule has 104 valence electrons. The highest BCUT2D eigenvalue weighted by Crippen LogP contribution is 2.28. The summed E-state index contributed by atoms with van der Waals surface area (Å²) >= 11 is 1.72. The minimum atomic E-state index is 0.0755. The van der Waals surface area contributed by atoms with Gasteiger partial charge in [0, 0.05) is 19.0 Å². The summed E-state index contributed by atoms with van der Waals surface area (Å²) in [5.41, 5.74) is 1.36. The molecule has 4 heteroatoms. The summed E-state index contributed by atoms with van der Waals surface area (Å²) in [5.74, 6) is 1.31. The number of amides is 1. The summed E-state index contributed by atoms with van der Waals surface area (Å²) in [7, 11) is 0. The minimum Gasteiger partial charge on any atom is -0.484 e. The molecule has 1 unspecified atom stereocenters. The fraction of sp³-hybridized carbons (Fsp3) is 0.312. The molecule has 1 fully saturated rings. The molecule has 1 atom stereocenters. The molecule has 0 radical (unpaired) electrons. The average molecular weight is 287 g/mol. The maximum Gasteiger partial charge on any atom is 0.260 e. The molecule has 1 amide bonds. The van der Waals surface area contributed by atoms with E-state index in [1.165, 1.54) is 5.56 Å². The molecule has 2 aromatic rings. The van der Waals surface area contributed by atoms with Gasteiger partial charge in [0.25, 0.3) is 5.91 Å². The van der Waals surface area contributed by atoms with Crippen molar-refractivity contribution in [3.05, 3.63) is 52.7 Å². The number of rotatable bonds is 4. The standard InChI is InChI=1S/C16H17NO2S/c18-16(11-19-15-4-2-1-3-5-15)17-8-6-13(10-17)14-7-9-20-12-14/h1-5,7,9,12-13H,6,8,10-11H2. The van der Waals surface area contributed by atoms with E-state index >= 15 is 0 Å². The Bertz CT molecular complexity index is 553. The molecular weight excluding hydrogens is 270 g/mol. The molecule has 3 nitrogen and oxygen atoms in total. The summed E-state index contributed by atoms with van der Waals surface area (Å²) in [6.45, 7) is 1.77. The van der Waals surface area contributed by atoms with Crippen molar-refractivity contribution in [3.8, 4) is 5.75 Å². The minimum absolute atomic E-state index is 0.0755. The molecule has 0 saturated carbocycles. The fourth-order valence-electron chi connectivity index (χ4n) is 2.52. The number of hydrogen-bond acceptors (Lipinski definition) is 3. The lowest BCUT2D eigenvalue weighted by molar-refractivity contribution is -0.132. The van der Waals surface area contributed by atoms with Gasteiger partial charge in [0.15, 0.2) is 6.61 Å². The van der Waals surface area contributed by atoms with Crippen LogP contribution in [0.1, 0.15) is 17.9 Å². The number of carbonyl (C=O) groups is 1. The highest BCUT2D eigenvalue weighted by atomic mass is 32.1. The van der Waals surface area contributed by atoms with Gasteiger partial charge < -0.3 is 9.64 Å².